The van der Waals surface area contributed by atoms with Crippen LogP contribution in [0.25, 0.3) is 6.08 Å². The minimum atomic E-state index is -0.128. The molecule has 27 heavy (non-hydrogen) atoms. The van der Waals surface area contributed by atoms with E-state index in [-0.39, 0.29) is 5.91 Å². The van der Waals surface area contributed by atoms with Gasteiger partial charge < -0.3 is 15.0 Å². The Morgan fingerprint density at radius 2 is 2.07 bits per heavy atom. The third-order valence-corrected chi connectivity index (χ3v) is 5.77. The summed E-state index contributed by atoms with van der Waals surface area (Å²) in [5.41, 5.74) is 3.39. The minimum Gasteiger partial charge on any atom is -0.491 e. The number of ether oxygens (including phenoxy) is 1. The first-order chi connectivity index (χ1) is 13.2. The van der Waals surface area contributed by atoms with E-state index < -0.39 is 0 Å². The van der Waals surface area contributed by atoms with Crippen LogP contribution in [0.1, 0.15) is 17.5 Å². The molecule has 2 heterocycles. The van der Waals surface area contributed by atoms with Crippen molar-refractivity contribution >= 4 is 46.0 Å². The second-order valence-electron chi connectivity index (χ2n) is 6.50. The average Bonchev–Trinajstić information content (AvgIpc) is 2.88. The number of anilines is 1. The van der Waals surface area contributed by atoms with Crippen molar-refractivity contribution in [2.45, 2.75) is 12.8 Å². The monoisotopic (exact) mass is 396 g/mol. The van der Waals surface area contributed by atoms with Gasteiger partial charge in [0.15, 0.2) is 0 Å². The van der Waals surface area contributed by atoms with Crippen molar-refractivity contribution in [3.63, 3.8) is 0 Å². The van der Waals surface area contributed by atoms with Crippen molar-refractivity contribution < 1.29 is 9.53 Å². The van der Waals surface area contributed by atoms with Gasteiger partial charge in [-0.15, -0.1) is 0 Å². The second-order valence-corrected chi connectivity index (χ2v) is 8.22. The highest BCUT2D eigenvalue weighted by Gasteiger charge is 2.22. The summed E-state index contributed by atoms with van der Waals surface area (Å²) in [6.45, 7) is 2.61. The molecule has 1 fully saturated rings. The Kier molecular flexibility index (Phi) is 5.45. The van der Waals surface area contributed by atoms with Crippen LogP contribution in [0.15, 0.2) is 53.4 Å². The summed E-state index contributed by atoms with van der Waals surface area (Å²) < 4.78 is 6.43. The molecule has 2 aliphatic rings. The number of hydrogen-bond donors (Lipinski definition) is 1. The molecule has 0 radical (unpaired) electrons. The largest absolute Gasteiger partial charge is 0.491 e. The lowest BCUT2D eigenvalue weighted by Gasteiger charge is -2.24. The van der Waals surface area contributed by atoms with Crippen molar-refractivity contribution in [3.05, 3.63) is 64.6 Å². The van der Waals surface area contributed by atoms with Gasteiger partial charge in [-0.05, 0) is 42.2 Å². The molecule has 0 saturated carbocycles. The summed E-state index contributed by atoms with van der Waals surface area (Å²) in [4.78, 5) is 14.9. The summed E-state index contributed by atoms with van der Waals surface area (Å²) in [5.74, 6) is 0.777. The first-order valence-corrected chi connectivity index (χ1v) is 10.2. The lowest BCUT2D eigenvalue weighted by atomic mass is 10.1. The Balaban J connectivity index is 1.58. The number of fused-ring (bicyclic) bond motifs is 1. The molecule has 4 nitrogen and oxygen atoms in total. The third-order valence-electron chi connectivity index (χ3n) is 4.61. The van der Waals surface area contributed by atoms with Crippen LogP contribution < -0.4 is 15.0 Å². The highest BCUT2D eigenvalue weighted by Crippen LogP contribution is 2.34. The Hall–Kier alpha value is -2.31. The number of rotatable bonds is 4. The van der Waals surface area contributed by atoms with E-state index in [2.05, 4.69) is 40.5 Å². The van der Waals surface area contributed by atoms with Gasteiger partial charge in [0.05, 0.1) is 17.2 Å². The molecule has 0 unspecified atom stereocenters. The highest BCUT2D eigenvalue weighted by atomic mass is 32.2. The predicted molar refractivity (Wildman–Crippen MR) is 115 cm³/mol. The maximum Gasteiger partial charge on any atom is 0.263 e. The molecule has 0 atom stereocenters. The molecule has 2 aromatic carbocycles. The number of thiocarbonyl (C=S) groups is 1. The number of carbonyl (C=O) groups excluding carboxylic acids is 1. The first kappa shape index (κ1) is 18.1. The van der Waals surface area contributed by atoms with E-state index in [0.29, 0.717) is 9.23 Å². The number of nitrogens with one attached hydrogen (secondary N) is 1. The molecule has 0 spiro atoms. The van der Waals surface area contributed by atoms with Gasteiger partial charge in [-0.25, -0.2) is 0 Å². The van der Waals surface area contributed by atoms with Gasteiger partial charge in [-0.3, -0.25) is 4.79 Å². The molecule has 0 bridgehead atoms. The third kappa shape index (κ3) is 4.34. The van der Waals surface area contributed by atoms with Crippen LogP contribution in [-0.4, -0.2) is 29.9 Å². The van der Waals surface area contributed by atoms with Crippen LogP contribution in [0, 0.1) is 0 Å². The Morgan fingerprint density at radius 3 is 2.85 bits per heavy atom. The van der Waals surface area contributed by atoms with Crippen molar-refractivity contribution in [1.82, 2.24) is 5.32 Å². The Labute approximate surface area is 168 Å². The smallest absolute Gasteiger partial charge is 0.263 e. The SMILES string of the molecule is O=C1NC(=S)SC1=Cc1ccc2c(c1)N(CCc1ccccc1)CCCO2. The first-order valence-electron chi connectivity index (χ1n) is 8.99. The highest BCUT2D eigenvalue weighted by molar-refractivity contribution is 8.26. The topological polar surface area (TPSA) is 41.6 Å². The van der Waals surface area contributed by atoms with Crippen LogP contribution in [0.5, 0.6) is 5.75 Å². The molecule has 4 rings (SSSR count). The zero-order chi connectivity index (χ0) is 18.6. The number of nitrogens with zero attached hydrogens (tertiary/aromatic N) is 1. The molecule has 1 saturated heterocycles. The maximum absolute atomic E-state index is 11.9. The molecule has 138 valence electrons. The van der Waals surface area contributed by atoms with Crippen LogP contribution >= 0.6 is 24.0 Å². The Bertz CT molecular complexity index is 896. The second kappa shape index (κ2) is 8.15. The van der Waals surface area contributed by atoms with Crippen LogP contribution in [-0.2, 0) is 11.2 Å². The van der Waals surface area contributed by atoms with Crippen LogP contribution in [0.3, 0.4) is 0 Å². The van der Waals surface area contributed by atoms with Gasteiger partial charge in [-0.1, -0.05) is 60.4 Å². The number of benzene rings is 2. The number of carbonyl (C=O) groups is 1. The molecule has 2 aromatic rings. The lowest BCUT2D eigenvalue weighted by Crippen LogP contribution is -2.26. The van der Waals surface area contributed by atoms with Gasteiger partial charge >= 0.3 is 0 Å². The van der Waals surface area contributed by atoms with E-state index in [0.717, 1.165) is 49.5 Å². The molecular formula is C21H20N2O2S2. The fourth-order valence-electron chi connectivity index (χ4n) is 3.26. The van der Waals surface area contributed by atoms with Gasteiger partial charge in [0.25, 0.3) is 5.91 Å². The zero-order valence-electron chi connectivity index (χ0n) is 14.8. The molecule has 0 aromatic heterocycles. The van der Waals surface area contributed by atoms with Crippen LogP contribution in [0.2, 0.25) is 0 Å². The Morgan fingerprint density at radius 1 is 1.22 bits per heavy atom. The predicted octanol–water partition coefficient (Wildman–Crippen LogP) is 4.01. The summed E-state index contributed by atoms with van der Waals surface area (Å²) >= 11 is 6.37. The van der Waals surface area contributed by atoms with E-state index in [1.807, 2.05) is 24.3 Å². The van der Waals surface area contributed by atoms with Crippen molar-refractivity contribution in [2.75, 3.05) is 24.6 Å². The summed E-state index contributed by atoms with van der Waals surface area (Å²) in [6.07, 6.45) is 3.87. The molecule has 6 heteroatoms. The van der Waals surface area contributed by atoms with Gasteiger partial charge in [0.2, 0.25) is 0 Å². The van der Waals surface area contributed by atoms with Crippen molar-refractivity contribution in [2.24, 2.45) is 0 Å². The number of hydrogen-bond acceptors (Lipinski definition) is 5. The summed E-state index contributed by atoms with van der Waals surface area (Å²) in [5, 5.41) is 2.66. The van der Waals surface area contributed by atoms with E-state index >= 15 is 0 Å². The zero-order valence-corrected chi connectivity index (χ0v) is 16.4. The summed E-state index contributed by atoms with van der Waals surface area (Å²) in [6, 6.07) is 16.6. The van der Waals surface area contributed by atoms with E-state index in [1.165, 1.54) is 17.3 Å². The quantitative estimate of drug-likeness (QED) is 0.625. The van der Waals surface area contributed by atoms with Crippen LogP contribution in [0.4, 0.5) is 5.69 Å². The van der Waals surface area contributed by atoms with Crippen molar-refractivity contribution in [3.8, 4) is 5.75 Å². The molecule has 1 amide bonds. The molecular weight excluding hydrogens is 376 g/mol. The van der Waals surface area contributed by atoms with Gasteiger partial charge in [-0.2, -0.15) is 0 Å². The van der Waals surface area contributed by atoms with Gasteiger partial charge in [0, 0.05) is 13.1 Å². The minimum absolute atomic E-state index is 0.128. The van der Waals surface area contributed by atoms with E-state index in [9.17, 15) is 4.79 Å². The molecule has 2 aliphatic heterocycles. The normalized spacial score (nSPS) is 18.1. The molecule has 0 aliphatic carbocycles. The van der Waals surface area contributed by atoms with E-state index in [4.69, 9.17) is 17.0 Å². The fraction of sp³-hybridized carbons (Fsp3) is 0.238. The lowest BCUT2D eigenvalue weighted by molar-refractivity contribution is -0.115. The molecule has 1 N–H and O–H groups in total. The number of amides is 1. The average molecular weight is 397 g/mol. The van der Waals surface area contributed by atoms with Gasteiger partial charge in [0.1, 0.15) is 10.1 Å². The number of thioether (sulfide) groups is 1. The fourth-order valence-corrected chi connectivity index (χ4v) is 4.31. The standard InChI is InChI=1S/C21H20N2O2S2/c24-20-19(27-21(26)22-20)14-16-7-8-18-17(13-16)23(10-4-12-25-18)11-9-15-5-2-1-3-6-15/h1-3,5-8,13-14H,4,9-12H2,(H,22,24,26). The summed E-state index contributed by atoms with van der Waals surface area (Å²) in [7, 11) is 0. The maximum atomic E-state index is 11.9. The van der Waals surface area contributed by atoms with E-state index in [1.54, 1.807) is 0 Å². The van der Waals surface area contributed by atoms with Crippen molar-refractivity contribution in [1.29, 1.82) is 0 Å².